The topological polar surface area (TPSA) is 12.0 Å². The summed E-state index contributed by atoms with van der Waals surface area (Å²) in [6.07, 6.45) is 4.24. The van der Waals surface area contributed by atoms with Crippen molar-refractivity contribution >= 4 is 15.9 Å². The Morgan fingerprint density at radius 2 is 2.27 bits per heavy atom. The maximum absolute atomic E-state index is 3.61. The Morgan fingerprint density at radius 1 is 1.47 bits per heavy atom. The fourth-order valence-corrected chi connectivity index (χ4v) is 2.48. The van der Waals surface area contributed by atoms with Gasteiger partial charge in [0.25, 0.3) is 0 Å². The SMILES string of the molecule is CC(NCc1cccc(Br)c1)C1CCC1. The van der Waals surface area contributed by atoms with Gasteiger partial charge in [0.2, 0.25) is 0 Å². The number of halogens is 1. The molecule has 2 rings (SSSR count). The second-order valence-corrected chi connectivity index (χ2v) is 5.41. The highest BCUT2D eigenvalue weighted by Crippen LogP contribution is 2.29. The molecule has 1 fully saturated rings. The van der Waals surface area contributed by atoms with Crippen LogP contribution in [0.5, 0.6) is 0 Å². The van der Waals surface area contributed by atoms with E-state index in [9.17, 15) is 0 Å². The van der Waals surface area contributed by atoms with Crippen LogP contribution in [-0.2, 0) is 6.54 Å². The molecule has 1 aliphatic carbocycles. The van der Waals surface area contributed by atoms with E-state index in [0.29, 0.717) is 6.04 Å². The van der Waals surface area contributed by atoms with Gasteiger partial charge in [0.15, 0.2) is 0 Å². The zero-order valence-corrected chi connectivity index (χ0v) is 10.8. The number of benzene rings is 1. The van der Waals surface area contributed by atoms with Gasteiger partial charge in [-0.15, -0.1) is 0 Å². The highest BCUT2D eigenvalue weighted by Gasteiger charge is 2.23. The lowest BCUT2D eigenvalue weighted by molar-refractivity contribution is 0.240. The third-order valence-electron chi connectivity index (χ3n) is 3.37. The molecule has 15 heavy (non-hydrogen) atoms. The summed E-state index contributed by atoms with van der Waals surface area (Å²) in [4.78, 5) is 0. The van der Waals surface area contributed by atoms with Gasteiger partial charge < -0.3 is 5.32 Å². The molecule has 1 aromatic rings. The van der Waals surface area contributed by atoms with Gasteiger partial charge in [-0.3, -0.25) is 0 Å². The Morgan fingerprint density at radius 3 is 2.87 bits per heavy atom. The zero-order chi connectivity index (χ0) is 10.7. The van der Waals surface area contributed by atoms with Crippen LogP contribution in [0.3, 0.4) is 0 Å². The summed E-state index contributed by atoms with van der Waals surface area (Å²) in [5.74, 6) is 0.914. The monoisotopic (exact) mass is 267 g/mol. The second kappa shape index (κ2) is 5.13. The standard InChI is InChI=1S/C13H18BrN/c1-10(12-5-3-6-12)15-9-11-4-2-7-13(14)8-11/h2,4,7-8,10,12,15H,3,5-6,9H2,1H3. The minimum Gasteiger partial charge on any atom is -0.310 e. The number of nitrogens with one attached hydrogen (secondary N) is 1. The fourth-order valence-electron chi connectivity index (χ4n) is 2.03. The lowest BCUT2D eigenvalue weighted by Gasteiger charge is -2.32. The summed E-state index contributed by atoms with van der Waals surface area (Å²) in [5, 5.41) is 3.61. The third kappa shape index (κ3) is 3.05. The molecular formula is C13H18BrN. The third-order valence-corrected chi connectivity index (χ3v) is 3.87. The van der Waals surface area contributed by atoms with E-state index in [1.807, 2.05) is 0 Å². The van der Waals surface area contributed by atoms with E-state index in [1.165, 1.54) is 24.8 Å². The van der Waals surface area contributed by atoms with Crippen molar-refractivity contribution in [2.45, 2.75) is 38.8 Å². The van der Waals surface area contributed by atoms with Gasteiger partial charge in [-0.25, -0.2) is 0 Å². The van der Waals surface area contributed by atoms with Gasteiger partial charge in [-0.1, -0.05) is 34.5 Å². The van der Waals surface area contributed by atoms with Crippen molar-refractivity contribution < 1.29 is 0 Å². The molecule has 1 aliphatic rings. The average Bonchev–Trinajstić information content (AvgIpc) is 2.12. The van der Waals surface area contributed by atoms with E-state index in [2.05, 4.69) is 52.4 Å². The molecule has 0 amide bonds. The molecule has 0 aliphatic heterocycles. The first-order valence-corrected chi connectivity index (χ1v) is 6.53. The molecular weight excluding hydrogens is 250 g/mol. The van der Waals surface area contributed by atoms with Crippen LogP contribution in [0.15, 0.2) is 28.7 Å². The number of rotatable bonds is 4. The van der Waals surface area contributed by atoms with Crippen LogP contribution in [-0.4, -0.2) is 6.04 Å². The van der Waals surface area contributed by atoms with Crippen molar-refractivity contribution in [3.05, 3.63) is 34.3 Å². The van der Waals surface area contributed by atoms with Crippen molar-refractivity contribution in [2.24, 2.45) is 5.92 Å². The van der Waals surface area contributed by atoms with Crippen LogP contribution in [0, 0.1) is 5.92 Å². The first-order chi connectivity index (χ1) is 7.25. The van der Waals surface area contributed by atoms with Crippen LogP contribution < -0.4 is 5.32 Å². The summed E-state index contributed by atoms with van der Waals surface area (Å²) in [6.45, 7) is 3.29. The van der Waals surface area contributed by atoms with Gasteiger partial charge in [0.1, 0.15) is 0 Å². The van der Waals surface area contributed by atoms with Crippen LogP contribution in [0.1, 0.15) is 31.7 Å². The van der Waals surface area contributed by atoms with Gasteiger partial charge >= 0.3 is 0 Å². The van der Waals surface area contributed by atoms with Crippen molar-refractivity contribution in [2.75, 3.05) is 0 Å². The molecule has 1 saturated carbocycles. The molecule has 82 valence electrons. The molecule has 0 aromatic heterocycles. The molecule has 0 spiro atoms. The Bertz CT molecular complexity index is 320. The second-order valence-electron chi connectivity index (χ2n) is 4.49. The largest absolute Gasteiger partial charge is 0.310 e. The van der Waals surface area contributed by atoms with E-state index in [-0.39, 0.29) is 0 Å². The number of hydrogen-bond donors (Lipinski definition) is 1. The molecule has 1 unspecified atom stereocenters. The Labute approximate surface area is 100 Å². The summed E-state index contributed by atoms with van der Waals surface area (Å²) in [6, 6.07) is 9.18. The van der Waals surface area contributed by atoms with Crippen LogP contribution >= 0.6 is 15.9 Å². The van der Waals surface area contributed by atoms with Crippen LogP contribution in [0.25, 0.3) is 0 Å². The van der Waals surface area contributed by atoms with E-state index in [0.717, 1.165) is 16.9 Å². The molecule has 0 heterocycles. The van der Waals surface area contributed by atoms with Gasteiger partial charge in [0, 0.05) is 17.1 Å². The molecule has 1 atom stereocenters. The lowest BCUT2D eigenvalue weighted by Crippen LogP contribution is -2.36. The summed E-state index contributed by atoms with van der Waals surface area (Å²) >= 11 is 3.50. The van der Waals surface area contributed by atoms with E-state index >= 15 is 0 Å². The maximum Gasteiger partial charge on any atom is 0.0208 e. The summed E-state index contributed by atoms with van der Waals surface area (Å²) in [5.41, 5.74) is 1.36. The normalized spacial score (nSPS) is 18.5. The minimum atomic E-state index is 0.665. The zero-order valence-electron chi connectivity index (χ0n) is 9.17. The van der Waals surface area contributed by atoms with Gasteiger partial charge in [-0.05, 0) is 43.4 Å². The van der Waals surface area contributed by atoms with Crippen molar-refractivity contribution in [1.29, 1.82) is 0 Å². The van der Waals surface area contributed by atoms with Crippen molar-refractivity contribution in [1.82, 2.24) is 5.32 Å². The first kappa shape index (κ1) is 11.2. The molecule has 1 aromatic carbocycles. The van der Waals surface area contributed by atoms with Crippen LogP contribution in [0.2, 0.25) is 0 Å². The van der Waals surface area contributed by atoms with Gasteiger partial charge in [-0.2, -0.15) is 0 Å². The molecule has 1 nitrogen and oxygen atoms in total. The quantitative estimate of drug-likeness (QED) is 0.877. The molecule has 0 saturated heterocycles. The highest BCUT2D eigenvalue weighted by molar-refractivity contribution is 9.10. The molecule has 1 N–H and O–H groups in total. The van der Waals surface area contributed by atoms with Crippen molar-refractivity contribution in [3.63, 3.8) is 0 Å². The highest BCUT2D eigenvalue weighted by atomic mass is 79.9. The Hall–Kier alpha value is -0.340. The molecule has 0 bridgehead atoms. The predicted molar refractivity (Wildman–Crippen MR) is 67.8 cm³/mol. The summed E-state index contributed by atoms with van der Waals surface area (Å²) in [7, 11) is 0. The molecule has 2 heteroatoms. The maximum atomic E-state index is 3.61. The first-order valence-electron chi connectivity index (χ1n) is 5.73. The van der Waals surface area contributed by atoms with E-state index in [4.69, 9.17) is 0 Å². The average molecular weight is 268 g/mol. The Balaban J connectivity index is 1.81. The minimum absolute atomic E-state index is 0.665. The Kier molecular flexibility index (Phi) is 3.81. The molecule has 0 radical (unpaired) electrons. The lowest BCUT2D eigenvalue weighted by atomic mass is 9.80. The fraction of sp³-hybridized carbons (Fsp3) is 0.538. The predicted octanol–water partition coefficient (Wildman–Crippen LogP) is 3.73. The van der Waals surface area contributed by atoms with Gasteiger partial charge in [0.05, 0.1) is 0 Å². The summed E-state index contributed by atoms with van der Waals surface area (Å²) < 4.78 is 1.16. The smallest absolute Gasteiger partial charge is 0.0208 e. The van der Waals surface area contributed by atoms with Crippen LogP contribution in [0.4, 0.5) is 0 Å². The van der Waals surface area contributed by atoms with Crippen molar-refractivity contribution in [3.8, 4) is 0 Å². The van der Waals surface area contributed by atoms with E-state index in [1.54, 1.807) is 0 Å². The number of hydrogen-bond acceptors (Lipinski definition) is 1. The van der Waals surface area contributed by atoms with E-state index < -0.39 is 0 Å².